The lowest BCUT2D eigenvalue weighted by atomic mass is 10.2. The monoisotopic (exact) mass is 424 g/mol. The fourth-order valence-electron chi connectivity index (χ4n) is 3.12. The Kier molecular flexibility index (Phi) is 7.31. The lowest BCUT2D eigenvalue weighted by Crippen LogP contribution is -2.48. The number of hydrogen-bond donors (Lipinski definition) is 0. The van der Waals surface area contributed by atoms with Gasteiger partial charge in [-0.2, -0.15) is 4.31 Å². The fourth-order valence-corrected chi connectivity index (χ4v) is 4.76. The van der Waals surface area contributed by atoms with Gasteiger partial charge in [-0.3, -0.25) is 4.90 Å². The quantitative estimate of drug-likeness (QED) is 0.610. The number of hydrogen-bond acceptors (Lipinski definition) is 5. The van der Waals surface area contributed by atoms with Crippen molar-refractivity contribution in [2.24, 2.45) is 0 Å². The highest BCUT2D eigenvalue weighted by Crippen LogP contribution is 2.21. The molecule has 1 aliphatic rings. The molecular weight excluding hydrogens is 400 g/mol. The summed E-state index contributed by atoms with van der Waals surface area (Å²) in [6.07, 6.45) is 0. The predicted molar refractivity (Wildman–Crippen MR) is 109 cm³/mol. The first-order valence-corrected chi connectivity index (χ1v) is 11.0. The molecule has 3 rings (SSSR count). The Morgan fingerprint density at radius 2 is 1.71 bits per heavy atom. The molecule has 8 heteroatoms. The van der Waals surface area contributed by atoms with Crippen molar-refractivity contribution in [2.45, 2.75) is 11.4 Å². The van der Waals surface area contributed by atoms with Crippen LogP contribution >= 0.6 is 11.6 Å². The summed E-state index contributed by atoms with van der Waals surface area (Å²) in [6.45, 7) is 3.98. The maximum absolute atomic E-state index is 12.9. The molecule has 2 aromatic carbocycles. The summed E-state index contributed by atoms with van der Waals surface area (Å²) in [5.41, 5.74) is 1.13. The predicted octanol–water partition coefficient (Wildman–Crippen LogP) is 2.87. The molecule has 6 nitrogen and oxygen atoms in total. The van der Waals surface area contributed by atoms with E-state index in [-0.39, 0.29) is 4.90 Å². The molecule has 2 aromatic rings. The molecule has 1 fully saturated rings. The van der Waals surface area contributed by atoms with Gasteiger partial charge in [0.15, 0.2) is 0 Å². The number of halogens is 1. The number of rotatable bonds is 8. The van der Waals surface area contributed by atoms with Crippen LogP contribution in [0.4, 0.5) is 0 Å². The summed E-state index contributed by atoms with van der Waals surface area (Å²) >= 11 is 6.04. The standard InChI is InChI=1S/C20H25ClN2O4S/c1-26-13-14-27-19-5-7-20(8-6-19)28(24,25)23-11-9-22(10-12-23)16-17-3-2-4-18(21)15-17/h2-8,15H,9-14,16H2,1H3. The van der Waals surface area contributed by atoms with Crippen LogP contribution < -0.4 is 4.74 Å². The maximum Gasteiger partial charge on any atom is 0.243 e. The van der Waals surface area contributed by atoms with Gasteiger partial charge in [-0.25, -0.2) is 8.42 Å². The molecule has 28 heavy (non-hydrogen) atoms. The first-order chi connectivity index (χ1) is 13.5. The van der Waals surface area contributed by atoms with Crippen LogP contribution in [0.25, 0.3) is 0 Å². The number of sulfonamides is 1. The van der Waals surface area contributed by atoms with Crippen LogP contribution in [0.1, 0.15) is 5.56 Å². The fraction of sp³-hybridized carbons (Fsp3) is 0.400. The summed E-state index contributed by atoms with van der Waals surface area (Å²) in [5, 5.41) is 0.716. The molecule has 0 unspecified atom stereocenters. The van der Waals surface area contributed by atoms with Gasteiger partial charge in [0.25, 0.3) is 0 Å². The Morgan fingerprint density at radius 1 is 1.00 bits per heavy atom. The van der Waals surface area contributed by atoms with Gasteiger partial charge in [-0.05, 0) is 42.0 Å². The zero-order valence-electron chi connectivity index (χ0n) is 15.9. The summed E-state index contributed by atoms with van der Waals surface area (Å²) in [5.74, 6) is 0.627. The van der Waals surface area contributed by atoms with Gasteiger partial charge in [-0.15, -0.1) is 0 Å². The largest absolute Gasteiger partial charge is 0.491 e. The van der Waals surface area contributed by atoms with E-state index in [4.69, 9.17) is 21.1 Å². The van der Waals surface area contributed by atoms with Crippen LogP contribution in [0.3, 0.4) is 0 Å². The van der Waals surface area contributed by atoms with Gasteiger partial charge in [0.05, 0.1) is 11.5 Å². The molecule has 0 amide bonds. The molecule has 152 valence electrons. The van der Waals surface area contributed by atoms with Gasteiger partial charge < -0.3 is 9.47 Å². The summed E-state index contributed by atoms with van der Waals surface area (Å²) in [7, 11) is -1.90. The number of benzene rings is 2. The molecule has 0 bridgehead atoms. The van der Waals surface area contributed by atoms with Gasteiger partial charge in [-0.1, -0.05) is 23.7 Å². The van der Waals surface area contributed by atoms with Gasteiger partial charge in [0, 0.05) is 44.9 Å². The van der Waals surface area contributed by atoms with Crippen LogP contribution in [-0.4, -0.2) is 64.1 Å². The second-order valence-electron chi connectivity index (χ2n) is 6.62. The van der Waals surface area contributed by atoms with Crippen molar-refractivity contribution in [1.82, 2.24) is 9.21 Å². The van der Waals surface area contributed by atoms with E-state index in [2.05, 4.69) is 4.90 Å². The van der Waals surface area contributed by atoms with E-state index < -0.39 is 10.0 Å². The van der Waals surface area contributed by atoms with Crippen molar-refractivity contribution in [3.8, 4) is 5.75 Å². The Balaban J connectivity index is 1.56. The maximum atomic E-state index is 12.9. The molecule has 1 heterocycles. The smallest absolute Gasteiger partial charge is 0.243 e. The third-order valence-corrected chi connectivity index (χ3v) is 6.79. The third kappa shape index (κ3) is 5.46. The molecule has 0 aromatic heterocycles. The van der Waals surface area contributed by atoms with Crippen molar-refractivity contribution >= 4 is 21.6 Å². The van der Waals surface area contributed by atoms with Gasteiger partial charge >= 0.3 is 0 Å². The third-order valence-electron chi connectivity index (χ3n) is 4.64. The van der Waals surface area contributed by atoms with Crippen LogP contribution in [0.2, 0.25) is 5.02 Å². The second-order valence-corrected chi connectivity index (χ2v) is 9.00. The minimum Gasteiger partial charge on any atom is -0.491 e. The van der Waals surface area contributed by atoms with E-state index in [1.54, 1.807) is 35.7 Å². The van der Waals surface area contributed by atoms with Crippen molar-refractivity contribution in [1.29, 1.82) is 0 Å². The summed E-state index contributed by atoms with van der Waals surface area (Å²) < 4.78 is 37.8. The zero-order valence-corrected chi connectivity index (χ0v) is 17.5. The minimum atomic E-state index is -3.50. The van der Waals surface area contributed by atoms with E-state index in [9.17, 15) is 8.42 Å². The van der Waals surface area contributed by atoms with Crippen molar-refractivity contribution in [2.75, 3.05) is 46.5 Å². The number of piperazine rings is 1. The molecule has 0 aliphatic carbocycles. The van der Waals surface area contributed by atoms with Gasteiger partial charge in [0.1, 0.15) is 12.4 Å². The highest BCUT2D eigenvalue weighted by atomic mass is 35.5. The Morgan fingerprint density at radius 3 is 2.36 bits per heavy atom. The van der Waals surface area contributed by atoms with E-state index in [0.29, 0.717) is 50.2 Å². The average Bonchev–Trinajstić information content (AvgIpc) is 2.69. The lowest BCUT2D eigenvalue weighted by Gasteiger charge is -2.34. The minimum absolute atomic E-state index is 0.287. The number of nitrogens with zero attached hydrogens (tertiary/aromatic N) is 2. The molecule has 1 aliphatic heterocycles. The Bertz CT molecular complexity index is 866. The molecule has 0 atom stereocenters. The van der Waals surface area contributed by atoms with Crippen LogP contribution in [0.5, 0.6) is 5.75 Å². The topological polar surface area (TPSA) is 59.1 Å². The second kappa shape index (κ2) is 9.71. The highest BCUT2D eigenvalue weighted by Gasteiger charge is 2.28. The molecule has 0 N–H and O–H groups in total. The average molecular weight is 425 g/mol. The van der Waals surface area contributed by atoms with E-state index in [0.717, 1.165) is 12.1 Å². The molecule has 0 radical (unpaired) electrons. The summed E-state index contributed by atoms with van der Waals surface area (Å²) in [4.78, 5) is 2.53. The molecule has 0 spiro atoms. The Labute approximate surface area is 171 Å². The van der Waals surface area contributed by atoms with Gasteiger partial charge in [0.2, 0.25) is 10.0 Å². The van der Waals surface area contributed by atoms with Crippen molar-refractivity contribution in [3.05, 3.63) is 59.1 Å². The van der Waals surface area contributed by atoms with Crippen molar-refractivity contribution in [3.63, 3.8) is 0 Å². The molecule has 1 saturated heterocycles. The van der Waals surface area contributed by atoms with E-state index >= 15 is 0 Å². The van der Waals surface area contributed by atoms with Crippen molar-refractivity contribution < 1.29 is 17.9 Å². The summed E-state index contributed by atoms with van der Waals surface area (Å²) in [6, 6.07) is 14.3. The normalized spacial score (nSPS) is 16.2. The first kappa shape index (κ1) is 21.1. The SMILES string of the molecule is COCCOc1ccc(S(=O)(=O)N2CCN(Cc3cccc(Cl)c3)CC2)cc1. The zero-order chi connectivity index (χ0) is 20.0. The lowest BCUT2D eigenvalue weighted by molar-refractivity contribution is 0.146. The first-order valence-electron chi connectivity index (χ1n) is 9.18. The number of methoxy groups -OCH3 is 1. The van der Waals surface area contributed by atoms with Crippen LogP contribution in [0, 0.1) is 0 Å². The van der Waals surface area contributed by atoms with Crippen LogP contribution in [-0.2, 0) is 21.3 Å². The molecule has 0 saturated carbocycles. The highest BCUT2D eigenvalue weighted by molar-refractivity contribution is 7.89. The van der Waals surface area contributed by atoms with Crippen LogP contribution in [0.15, 0.2) is 53.4 Å². The number of ether oxygens (including phenoxy) is 2. The Hall–Kier alpha value is -1.64. The van der Waals surface area contributed by atoms with E-state index in [1.807, 2.05) is 24.3 Å². The molecular formula is C20H25ClN2O4S. The van der Waals surface area contributed by atoms with E-state index in [1.165, 1.54) is 0 Å².